The second-order valence-electron chi connectivity index (χ2n) is 5.30. The number of hydrogen-bond acceptors (Lipinski definition) is 6. The van der Waals surface area contributed by atoms with Crippen LogP contribution in [0.25, 0.3) is 10.2 Å². The maximum atomic E-state index is 12.0. The topological polar surface area (TPSA) is 72.5 Å². The van der Waals surface area contributed by atoms with Gasteiger partial charge >= 0.3 is 6.03 Å². The summed E-state index contributed by atoms with van der Waals surface area (Å²) in [4.78, 5) is 16.5. The van der Waals surface area contributed by atoms with E-state index in [2.05, 4.69) is 15.0 Å². The van der Waals surface area contributed by atoms with Gasteiger partial charge in [0.2, 0.25) is 0 Å². The number of para-hydroxylation sites is 1. The van der Waals surface area contributed by atoms with Crippen LogP contribution in [0.4, 0.5) is 4.79 Å². The van der Waals surface area contributed by atoms with Crippen LogP contribution in [0.15, 0.2) is 46.8 Å². The fourth-order valence-corrected chi connectivity index (χ4v) is 4.15. The van der Waals surface area contributed by atoms with E-state index in [9.17, 15) is 4.79 Å². The zero-order valence-corrected chi connectivity index (χ0v) is 16.1. The number of thiazole rings is 1. The minimum Gasteiger partial charge on any atom is -0.496 e. The Balaban J connectivity index is 1.50. The molecule has 0 spiro atoms. The van der Waals surface area contributed by atoms with Crippen molar-refractivity contribution in [3.8, 4) is 11.5 Å². The van der Waals surface area contributed by atoms with E-state index < -0.39 is 0 Å². The first-order valence-electron chi connectivity index (χ1n) is 7.97. The number of hydrogen-bond donors (Lipinski definition) is 2. The highest BCUT2D eigenvalue weighted by atomic mass is 32.2. The number of carbonyl (C=O) groups excluding carboxylic acids is 1. The lowest BCUT2D eigenvalue weighted by atomic mass is 10.1. The van der Waals surface area contributed by atoms with Crippen LogP contribution in [0.3, 0.4) is 0 Å². The Labute approximate surface area is 160 Å². The molecule has 2 N–H and O–H groups in total. The van der Waals surface area contributed by atoms with E-state index in [0.717, 1.165) is 31.6 Å². The first-order chi connectivity index (χ1) is 12.7. The molecule has 8 heteroatoms. The van der Waals surface area contributed by atoms with Gasteiger partial charge in [0.15, 0.2) is 4.34 Å². The second kappa shape index (κ2) is 8.77. The Morgan fingerprint density at radius 2 is 1.85 bits per heavy atom. The number of rotatable bonds is 7. The van der Waals surface area contributed by atoms with Gasteiger partial charge in [-0.2, -0.15) is 0 Å². The highest BCUT2D eigenvalue weighted by Crippen LogP contribution is 2.29. The molecule has 136 valence electrons. The van der Waals surface area contributed by atoms with E-state index in [-0.39, 0.29) is 6.03 Å². The summed E-state index contributed by atoms with van der Waals surface area (Å²) in [5.74, 6) is 1.49. The average Bonchev–Trinajstić information content (AvgIpc) is 3.09. The highest BCUT2D eigenvalue weighted by molar-refractivity contribution is 7.99. The Kier molecular flexibility index (Phi) is 6.19. The Hall–Kier alpha value is -2.45. The molecule has 0 radical (unpaired) electrons. The van der Waals surface area contributed by atoms with Gasteiger partial charge < -0.3 is 14.8 Å². The molecule has 1 aromatic heterocycles. The van der Waals surface area contributed by atoms with Crippen molar-refractivity contribution in [3.63, 3.8) is 0 Å². The molecule has 3 aromatic rings. The molecular weight excluding hydrogens is 370 g/mol. The maximum absolute atomic E-state index is 12.0. The van der Waals surface area contributed by atoms with E-state index in [1.54, 1.807) is 25.6 Å². The van der Waals surface area contributed by atoms with Crippen molar-refractivity contribution in [1.29, 1.82) is 0 Å². The van der Waals surface area contributed by atoms with Crippen molar-refractivity contribution in [3.05, 3.63) is 48.0 Å². The van der Waals surface area contributed by atoms with Gasteiger partial charge in [0.05, 0.1) is 24.4 Å². The van der Waals surface area contributed by atoms with Crippen LogP contribution in [-0.2, 0) is 6.42 Å². The smallest absolute Gasteiger partial charge is 0.325 e. The van der Waals surface area contributed by atoms with Crippen LogP contribution in [0.1, 0.15) is 5.56 Å². The number of nitrogens with one attached hydrogen (secondary N) is 2. The number of carbonyl (C=O) groups is 1. The quantitative estimate of drug-likeness (QED) is 0.600. The minimum absolute atomic E-state index is 0.261. The maximum Gasteiger partial charge on any atom is 0.325 e. The monoisotopic (exact) mass is 389 g/mol. The van der Waals surface area contributed by atoms with Gasteiger partial charge in [-0.25, -0.2) is 9.78 Å². The third-order valence-electron chi connectivity index (χ3n) is 3.70. The number of aromatic nitrogens is 1. The molecule has 1 heterocycles. The predicted molar refractivity (Wildman–Crippen MR) is 105 cm³/mol. The SMILES string of the molecule is COc1cccc(OC)c1CCNC(=O)NSc1nc2ccccc2s1. The minimum atomic E-state index is -0.261. The van der Waals surface area contributed by atoms with E-state index in [1.807, 2.05) is 42.5 Å². The molecule has 3 rings (SSSR count). The van der Waals surface area contributed by atoms with Gasteiger partial charge in [-0.05, 0) is 30.7 Å². The summed E-state index contributed by atoms with van der Waals surface area (Å²) >= 11 is 2.76. The van der Waals surface area contributed by atoms with Crippen LogP contribution in [0.2, 0.25) is 0 Å². The molecule has 0 aliphatic carbocycles. The summed E-state index contributed by atoms with van der Waals surface area (Å²) in [7, 11) is 3.24. The first kappa shape index (κ1) is 18.3. The second-order valence-corrected chi connectivity index (χ2v) is 7.38. The summed E-state index contributed by atoms with van der Waals surface area (Å²) in [6, 6.07) is 13.2. The van der Waals surface area contributed by atoms with E-state index >= 15 is 0 Å². The van der Waals surface area contributed by atoms with Gasteiger partial charge in [0.1, 0.15) is 11.5 Å². The Morgan fingerprint density at radius 3 is 2.54 bits per heavy atom. The molecule has 0 bridgehead atoms. The molecule has 26 heavy (non-hydrogen) atoms. The van der Waals surface area contributed by atoms with Gasteiger partial charge in [-0.1, -0.05) is 18.2 Å². The number of nitrogens with zero attached hydrogens (tertiary/aromatic N) is 1. The molecule has 0 saturated heterocycles. The van der Waals surface area contributed by atoms with Gasteiger partial charge in [0.25, 0.3) is 0 Å². The van der Waals surface area contributed by atoms with Crippen molar-refractivity contribution in [2.75, 3.05) is 20.8 Å². The van der Waals surface area contributed by atoms with Crippen molar-refractivity contribution >= 4 is 39.5 Å². The Morgan fingerprint density at radius 1 is 1.12 bits per heavy atom. The van der Waals surface area contributed by atoms with Gasteiger partial charge in [-0.3, -0.25) is 4.72 Å². The van der Waals surface area contributed by atoms with E-state index in [1.165, 1.54) is 11.9 Å². The average molecular weight is 390 g/mol. The van der Waals surface area contributed by atoms with Crippen LogP contribution in [0, 0.1) is 0 Å². The number of ether oxygens (including phenoxy) is 2. The molecule has 0 unspecified atom stereocenters. The van der Waals surface area contributed by atoms with E-state index in [0.29, 0.717) is 13.0 Å². The number of benzene rings is 2. The fourth-order valence-electron chi connectivity index (χ4n) is 2.50. The number of fused-ring (bicyclic) bond motifs is 1. The third-order valence-corrected chi connectivity index (χ3v) is 5.58. The number of urea groups is 1. The molecule has 0 aliphatic rings. The molecule has 0 fully saturated rings. The van der Waals surface area contributed by atoms with Crippen molar-refractivity contribution in [1.82, 2.24) is 15.0 Å². The molecule has 0 atom stereocenters. The van der Waals surface area contributed by atoms with E-state index in [4.69, 9.17) is 9.47 Å². The normalized spacial score (nSPS) is 10.5. The van der Waals surface area contributed by atoms with Crippen LogP contribution < -0.4 is 19.5 Å². The summed E-state index contributed by atoms with van der Waals surface area (Å²) in [6.07, 6.45) is 0.604. The van der Waals surface area contributed by atoms with Gasteiger partial charge in [-0.15, -0.1) is 11.3 Å². The standard InChI is InChI=1S/C18H19N3O3S2/c1-23-14-7-5-8-15(24-2)12(14)10-11-19-17(22)21-26-18-20-13-6-3-4-9-16(13)25-18/h3-9H,10-11H2,1-2H3,(H2,19,21,22). The summed E-state index contributed by atoms with van der Waals surface area (Å²) in [5, 5.41) is 2.83. The summed E-state index contributed by atoms with van der Waals surface area (Å²) in [5.41, 5.74) is 1.86. The molecule has 6 nitrogen and oxygen atoms in total. The fraction of sp³-hybridized carbons (Fsp3) is 0.222. The molecule has 2 amide bonds. The molecule has 0 aliphatic heterocycles. The van der Waals surface area contributed by atoms with Crippen molar-refractivity contribution in [2.24, 2.45) is 0 Å². The van der Waals surface area contributed by atoms with Crippen LogP contribution >= 0.6 is 23.3 Å². The largest absolute Gasteiger partial charge is 0.496 e. The summed E-state index contributed by atoms with van der Waals surface area (Å²) in [6.45, 7) is 0.461. The molecular formula is C18H19N3O3S2. The van der Waals surface area contributed by atoms with Crippen LogP contribution in [-0.4, -0.2) is 31.8 Å². The Bertz CT molecular complexity index is 843. The zero-order chi connectivity index (χ0) is 18.4. The van der Waals surface area contributed by atoms with Crippen molar-refractivity contribution < 1.29 is 14.3 Å². The lowest BCUT2D eigenvalue weighted by Crippen LogP contribution is -2.32. The first-order valence-corrected chi connectivity index (χ1v) is 9.60. The highest BCUT2D eigenvalue weighted by Gasteiger charge is 2.11. The third kappa shape index (κ3) is 4.39. The summed E-state index contributed by atoms with van der Waals surface area (Å²) < 4.78 is 15.4. The lowest BCUT2D eigenvalue weighted by molar-refractivity contribution is 0.246. The lowest BCUT2D eigenvalue weighted by Gasteiger charge is -2.13. The molecule has 0 saturated carbocycles. The van der Waals surface area contributed by atoms with Crippen molar-refractivity contribution in [2.45, 2.75) is 10.8 Å². The van der Waals surface area contributed by atoms with Gasteiger partial charge in [0, 0.05) is 24.1 Å². The number of amides is 2. The predicted octanol–water partition coefficient (Wildman–Crippen LogP) is 3.86. The number of methoxy groups -OCH3 is 2. The molecule has 2 aromatic carbocycles. The van der Waals surface area contributed by atoms with Crippen LogP contribution in [0.5, 0.6) is 11.5 Å². The zero-order valence-electron chi connectivity index (χ0n) is 14.4.